The van der Waals surface area contributed by atoms with Crippen molar-refractivity contribution in [1.82, 2.24) is 5.32 Å². The van der Waals surface area contributed by atoms with Gasteiger partial charge in [-0.3, -0.25) is 10.1 Å². The molecule has 0 heterocycles. The summed E-state index contributed by atoms with van der Waals surface area (Å²) in [5.41, 5.74) is 0.234. The number of nitro benzene ring substituents is 1. The van der Waals surface area contributed by atoms with Crippen molar-refractivity contribution < 1.29 is 14.8 Å². The molecular weight excluding hydrogens is 262 g/mol. The number of non-ortho nitro benzene ring substituents is 1. The Labute approximate surface area is 117 Å². The predicted octanol–water partition coefficient (Wildman–Crippen LogP) is 2.12. The number of anilines is 1. The number of nitro groups is 1. The Bertz CT molecular complexity index is 476. The maximum absolute atomic E-state index is 11.6. The summed E-state index contributed by atoms with van der Waals surface area (Å²) in [6, 6.07) is 5.14. The number of rotatable bonds is 6. The molecule has 1 atom stereocenters. The molecule has 0 bridgehead atoms. The van der Waals surface area contributed by atoms with Crippen LogP contribution in [0.25, 0.3) is 0 Å². The highest BCUT2D eigenvalue weighted by Crippen LogP contribution is 2.16. The monoisotopic (exact) mass is 281 g/mol. The molecule has 1 unspecified atom stereocenters. The topological polar surface area (TPSA) is 104 Å². The maximum atomic E-state index is 11.6. The van der Waals surface area contributed by atoms with Crippen molar-refractivity contribution in [2.24, 2.45) is 5.92 Å². The molecule has 0 aliphatic carbocycles. The van der Waals surface area contributed by atoms with E-state index < -0.39 is 17.1 Å². The van der Waals surface area contributed by atoms with Gasteiger partial charge in [-0.1, -0.05) is 19.9 Å². The summed E-state index contributed by atoms with van der Waals surface area (Å²) in [4.78, 5) is 21.6. The second kappa shape index (κ2) is 7.44. The summed E-state index contributed by atoms with van der Waals surface area (Å²) in [6.45, 7) is 4.09. The lowest BCUT2D eigenvalue weighted by Crippen LogP contribution is -2.35. The molecule has 1 rings (SSSR count). The molecule has 2 amide bonds. The zero-order chi connectivity index (χ0) is 15.1. The molecule has 7 heteroatoms. The van der Waals surface area contributed by atoms with Crippen molar-refractivity contribution in [3.63, 3.8) is 0 Å². The molecule has 110 valence electrons. The molecular formula is C13H19N3O4. The lowest BCUT2D eigenvalue weighted by Gasteiger charge is -2.14. The summed E-state index contributed by atoms with van der Waals surface area (Å²) in [6.07, 6.45) is -0.0114. The van der Waals surface area contributed by atoms with Gasteiger partial charge in [0.05, 0.1) is 11.0 Å². The molecule has 20 heavy (non-hydrogen) atoms. The molecule has 0 aliphatic heterocycles. The van der Waals surface area contributed by atoms with Gasteiger partial charge in [-0.05, 0) is 18.4 Å². The minimum absolute atomic E-state index is 0.0948. The van der Waals surface area contributed by atoms with Crippen LogP contribution in [0.5, 0.6) is 0 Å². The average molecular weight is 281 g/mol. The first-order valence-corrected chi connectivity index (χ1v) is 6.36. The zero-order valence-electron chi connectivity index (χ0n) is 11.5. The lowest BCUT2D eigenvalue weighted by molar-refractivity contribution is -0.384. The summed E-state index contributed by atoms with van der Waals surface area (Å²) >= 11 is 0. The van der Waals surface area contributed by atoms with Gasteiger partial charge in [0.2, 0.25) is 0 Å². The van der Waals surface area contributed by atoms with E-state index in [4.69, 9.17) is 0 Å². The van der Waals surface area contributed by atoms with Crippen LogP contribution in [0.3, 0.4) is 0 Å². The molecule has 0 saturated heterocycles. The van der Waals surface area contributed by atoms with Gasteiger partial charge in [0, 0.05) is 24.4 Å². The highest BCUT2D eigenvalue weighted by atomic mass is 16.6. The van der Waals surface area contributed by atoms with Gasteiger partial charge in [-0.2, -0.15) is 0 Å². The molecule has 0 aliphatic rings. The maximum Gasteiger partial charge on any atom is 0.319 e. The Balaban J connectivity index is 2.46. The normalized spacial score (nSPS) is 12.0. The molecule has 3 N–H and O–H groups in total. The van der Waals surface area contributed by atoms with Gasteiger partial charge < -0.3 is 15.7 Å². The van der Waals surface area contributed by atoms with Crippen molar-refractivity contribution >= 4 is 17.4 Å². The molecule has 7 nitrogen and oxygen atoms in total. The van der Waals surface area contributed by atoms with Crippen LogP contribution >= 0.6 is 0 Å². The minimum Gasteiger partial charge on any atom is -0.391 e. The largest absolute Gasteiger partial charge is 0.391 e. The fourth-order valence-electron chi connectivity index (χ4n) is 1.71. The molecule has 0 aromatic heterocycles. The van der Waals surface area contributed by atoms with Gasteiger partial charge in [0.1, 0.15) is 0 Å². The SMILES string of the molecule is CC(C)CC(O)CNC(=O)Nc1cccc([N+](=O)[O-])c1. The van der Waals surface area contributed by atoms with E-state index in [1.807, 2.05) is 13.8 Å². The van der Waals surface area contributed by atoms with Gasteiger partial charge in [-0.25, -0.2) is 4.79 Å². The third-order valence-electron chi connectivity index (χ3n) is 2.56. The first-order valence-electron chi connectivity index (χ1n) is 6.36. The minimum atomic E-state index is -0.606. The Morgan fingerprint density at radius 2 is 2.15 bits per heavy atom. The van der Waals surface area contributed by atoms with Crippen LogP contribution < -0.4 is 10.6 Å². The summed E-state index contributed by atoms with van der Waals surface area (Å²) < 4.78 is 0. The first kappa shape index (κ1) is 15.9. The molecule has 0 saturated carbocycles. The van der Waals surface area contributed by atoms with E-state index in [0.717, 1.165) is 0 Å². The van der Waals surface area contributed by atoms with Gasteiger partial charge in [0.25, 0.3) is 5.69 Å². The number of hydrogen-bond donors (Lipinski definition) is 3. The summed E-state index contributed by atoms with van der Waals surface area (Å²) in [5, 5.41) is 25.2. The number of carbonyl (C=O) groups is 1. The smallest absolute Gasteiger partial charge is 0.319 e. The van der Waals surface area contributed by atoms with Crippen LogP contribution in [-0.2, 0) is 0 Å². The van der Waals surface area contributed by atoms with E-state index in [1.54, 1.807) is 6.07 Å². The van der Waals surface area contributed by atoms with Gasteiger partial charge in [0.15, 0.2) is 0 Å². The van der Waals surface area contributed by atoms with Gasteiger partial charge >= 0.3 is 6.03 Å². The number of amides is 2. The third-order valence-corrected chi connectivity index (χ3v) is 2.56. The number of nitrogens with zero attached hydrogens (tertiary/aromatic N) is 1. The van der Waals surface area contributed by atoms with E-state index in [2.05, 4.69) is 10.6 Å². The van der Waals surface area contributed by atoms with Crippen molar-refractivity contribution in [2.75, 3.05) is 11.9 Å². The highest BCUT2D eigenvalue weighted by molar-refractivity contribution is 5.89. The number of aliphatic hydroxyl groups is 1. The Morgan fingerprint density at radius 1 is 1.45 bits per heavy atom. The predicted molar refractivity (Wildman–Crippen MR) is 75.6 cm³/mol. The Morgan fingerprint density at radius 3 is 2.75 bits per heavy atom. The molecule has 0 spiro atoms. The van der Waals surface area contributed by atoms with E-state index in [9.17, 15) is 20.0 Å². The van der Waals surface area contributed by atoms with Gasteiger partial charge in [-0.15, -0.1) is 0 Å². The number of hydrogen-bond acceptors (Lipinski definition) is 4. The Hall–Kier alpha value is -2.15. The standard InChI is InChI=1S/C13H19N3O4/c1-9(2)6-12(17)8-14-13(18)15-10-4-3-5-11(7-10)16(19)20/h3-5,7,9,12,17H,6,8H2,1-2H3,(H2,14,15,18). The van der Waals surface area contributed by atoms with Crippen molar-refractivity contribution in [1.29, 1.82) is 0 Å². The van der Waals surface area contributed by atoms with Crippen LogP contribution in [0.2, 0.25) is 0 Å². The third kappa shape index (κ3) is 5.66. The lowest BCUT2D eigenvalue weighted by atomic mass is 10.1. The average Bonchev–Trinajstić information content (AvgIpc) is 2.36. The zero-order valence-corrected chi connectivity index (χ0v) is 11.5. The van der Waals surface area contributed by atoms with Crippen molar-refractivity contribution in [2.45, 2.75) is 26.4 Å². The fourth-order valence-corrected chi connectivity index (χ4v) is 1.71. The highest BCUT2D eigenvalue weighted by Gasteiger charge is 2.10. The molecule has 0 radical (unpaired) electrons. The van der Waals surface area contributed by atoms with Crippen LogP contribution in [0.4, 0.5) is 16.2 Å². The number of urea groups is 1. The van der Waals surface area contributed by atoms with E-state index in [1.165, 1.54) is 18.2 Å². The quantitative estimate of drug-likeness (QED) is 0.548. The number of carbonyl (C=O) groups excluding carboxylic acids is 1. The molecule has 1 aromatic carbocycles. The van der Waals surface area contributed by atoms with Crippen LogP contribution in [0.15, 0.2) is 24.3 Å². The Kier molecular flexibility index (Phi) is 5.92. The van der Waals surface area contributed by atoms with Crippen LogP contribution in [0, 0.1) is 16.0 Å². The second-order valence-electron chi connectivity index (χ2n) is 4.93. The number of aliphatic hydroxyl groups excluding tert-OH is 1. The van der Waals surface area contributed by atoms with Crippen LogP contribution in [-0.4, -0.2) is 28.7 Å². The van der Waals surface area contributed by atoms with Crippen molar-refractivity contribution in [3.8, 4) is 0 Å². The van der Waals surface area contributed by atoms with Crippen LogP contribution in [0.1, 0.15) is 20.3 Å². The fraction of sp³-hybridized carbons (Fsp3) is 0.462. The summed E-state index contributed by atoms with van der Waals surface area (Å²) in [7, 11) is 0. The number of nitrogens with one attached hydrogen (secondary N) is 2. The second-order valence-corrected chi connectivity index (χ2v) is 4.93. The van der Waals surface area contributed by atoms with E-state index in [-0.39, 0.29) is 12.2 Å². The number of benzene rings is 1. The van der Waals surface area contributed by atoms with E-state index >= 15 is 0 Å². The first-order chi connectivity index (χ1) is 9.38. The van der Waals surface area contributed by atoms with E-state index in [0.29, 0.717) is 18.0 Å². The molecule has 0 fully saturated rings. The molecule has 1 aromatic rings. The van der Waals surface area contributed by atoms with Crippen molar-refractivity contribution in [3.05, 3.63) is 34.4 Å². The summed E-state index contributed by atoms with van der Waals surface area (Å²) in [5.74, 6) is 0.339.